The fraction of sp³-hybridized carbons (Fsp3) is 0.0370. The number of ether oxygens (including phenoxy) is 2. The second-order valence-corrected chi connectivity index (χ2v) is 16.3. The molecule has 0 spiro atoms. The van der Waals surface area contributed by atoms with E-state index in [1.807, 2.05) is 0 Å². The molecule has 11 aromatic rings. The van der Waals surface area contributed by atoms with Crippen LogP contribution in [0.1, 0.15) is 17.4 Å². The van der Waals surface area contributed by atoms with Crippen molar-refractivity contribution in [2.45, 2.75) is 11.9 Å². The molecule has 5 heteroatoms. The highest BCUT2D eigenvalue weighted by molar-refractivity contribution is 6.88. The molecule has 8 aromatic carbocycles. The van der Waals surface area contributed by atoms with Crippen molar-refractivity contribution in [1.29, 1.82) is 0 Å². The Balaban J connectivity index is 1.23. The van der Waals surface area contributed by atoms with Crippen LogP contribution in [0.25, 0.3) is 82.3 Å². The van der Waals surface area contributed by atoms with Crippen LogP contribution in [-0.2, 0) is 0 Å². The van der Waals surface area contributed by atoms with Gasteiger partial charge in [-0.05, 0) is 81.0 Å². The summed E-state index contributed by atoms with van der Waals surface area (Å²) in [4.78, 5) is 0. The van der Waals surface area contributed by atoms with Crippen molar-refractivity contribution in [3.63, 3.8) is 0 Å². The van der Waals surface area contributed by atoms with Crippen LogP contribution in [0.5, 0.6) is 11.5 Å². The lowest BCUT2D eigenvalue weighted by Crippen LogP contribution is -2.56. The fourth-order valence-electron chi connectivity index (χ4n) is 11.1. The van der Waals surface area contributed by atoms with E-state index in [2.05, 4.69) is 197 Å². The Labute approximate surface area is 339 Å². The SMILES string of the molecule is C1=C2Oc3ccccc3B3c4ccccc4OC(c4c1c1ccccc1c1ccccc1c1cc(-n5c6ccccc6c6ccccc65)cc5c6ccccc6n4c15)C32. The molecule has 2 atom stereocenters. The van der Waals surface area contributed by atoms with Gasteiger partial charge in [0.05, 0.1) is 27.8 Å². The largest absolute Gasteiger partial charge is 0.485 e. The number of nitrogens with zero attached hydrogens (tertiary/aromatic N) is 2. The van der Waals surface area contributed by atoms with Gasteiger partial charge in [-0.3, -0.25) is 0 Å². The van der Waals surface area contributed by atoms with Gasteiger partial charge in [-0.15, -0.1) is 0 Å². The maximum atomic E-state index is 7.43. The highest BCUT2D eigenvalue weighted by Gasteiger charge is 2.52. The van der Waals surface area contributed by atoms with Crippen LogP contribution in [0.4, 0.5) is 0 Å². The van der Waals surface area contributed by atoms with E-state index in [4.69, 9.17) is 9.47 Å². The number of hydrogen-bond acceptors (Lipinski definition) is 2. The minimum absolute atomic E-state index is 0.0599. The first-order valence-electron chi connectivity index (χ1n) is 20.5. The van der Waals surface area contributed by atoms with Crippen molar-refractivity contribution < 1.29 is 9.47 Å². The second kappa shape index (κ2) is 11.6. The Morgan fingerprint density at radius 1 is 0.441 bits per heavy atom. The summed E-state index contributed by atoms with van der Waals surface area (Å²) < 4.78 is 19.4. The van der Waals surface area contributed by atoms with Gasteiger partial charge in [-0.25, -0.2) is 0 Å². The molecular weight excluding hydrogens is 719 g/mol. The summed E-state index contributed by atoms with van der Waals surface area (Å²) >= 11 is 0. The van der Waals surface area contributed by atoms with Crippen LogP contribution in [0.3, 0.4) is 0 Å². The van der Waals surface area contributed by atoms with E-state index < -0.39 is 0 Å². The molecule has 0 fully saturated rings. The minimum Gasteiger partial charge on any atom is -0.485 e. The monoisotopic (exact) mass is 752 g/mol. The predicted molar refractivity (Wildman–Crippen MR) is 244 cm³/mol. The molecule has 3 aliphatic rings. The van der Waals surface area contributed by atoms with Crippen molar-refractivity contribution in [3.05, 3.63) is 199 Å². The molecule has 0 bridgehead atoms. The molecular formula is C54H33BN2O2. The maximum Gasteiger partial charge on any atom is 0.234 e. The topological polar surface area (TPSA) is 27.8 Å². The van der Waals surface area contributed by atoms with Gasteiger partial charge in [-0.2, -0.15) is 0 Å². The van der Waals surface area contributed by atoms with Crippen LogP contribution >= 0.6 is 0 Å². The van der Waals surface area contributed by atoms with Gasteiger partial charge in [0.2, 0.25) is 6.71 Å². The average Bonchev–Trinajstić information content (AvgIpc) is 3.82. The molecule has 0 radical (unpaired) electrons. The number of para-hydroxylation sites is 5. The van der Waals surface area contributed by atoms with Crippen molar-refractivity contribution >= 4 is 94.3 Å². The van der Waals surface area contributed by atoms with Crippen LogP contribution in [-0.4, -0.2) is 15.7 Å². The van der Waals surface area contributed by atoms with Gasteiger partial charge >= 0.3 is 0 Å². The summed E-state index contributed by atoms with van der Waals surface area (Å²) in [6, 6.07) is 66.5. The number of benzene rings is 8. The predicted octanol–water partition coefficient (Wildman–Crippen LogP) is 12.1. The van der Waals surface area contributed by atoms with Crippen LogP contribution in [0.15, 0.2) is 188 Å². The molecule has 3 aromatic heterocycles. The quantitative estimate of drug-likeness (QED) is 0.156. The lowest BCUT2D eigenvalue weighted by molar-refractivity contribution is 0.175. The standard InChI is InChI=1S/C54H33BN2O2/c1-3-17-35-33(15-1)34-16-2-4-18-36(34)42-31-50-51-54(59-49-28-14-9-23-44(49)55(51)43-22-8-13-27-48(43)58-50)53(42)57-47-26-12-7-21-39(47)41-30-32(29-40(35)52(41)57)56-45-24-10-5-19-37(45)38-20-6-11-25-46(38)56/h1-31,51,54H. The summed E-state index contributed by atoms with van der Waals surface area (Å²) in [6.07, 6.45) is 1.99. The van der Waals surface area contributed by atoms with Gasteiger partial charge in [0.15, 0.2) is 0 Å². The van der Waals surface area contributed by atoms with Crippen molar-refractivity contribution in [1.82, 2.24) is 8.97 Å². The fourth-order valence-corrected chi connectivity index (χ4v) is 11.1. The van der Waals surface area contributed by atoms with E-state index >= 15 is 0 Å². The molecule has 5 heterocycles. The van der Waals surface area contributed by atoms with Crippen molar-refractivity contribution in [3.8, 4) is 17.2 Å². The summed E-state index contributed by atoms with van der Waals surface area (Å²) in [6.45, 7) is 0.0599. The highest BCUT2D eigenvalue weighted by Crippen LogP contribution is 2.53. The zero-order chi connectivity index (χ0) is 38.3. The summed E-state index contributed by atoms with van der Waals surface area (Å²) in [7, 11) is 0. The van der Waals surface area contributed by atoms with E-state index in [-0.39, 0.29) is 18.6 Å². The Morgan fingerprint density at radius 2 is 0.915 bits per heavy atom. The smallest absolute Gasteiger partial charge is 0.234 e. The first-order chi connectivity index (χ1) is 29.3. The van der Waals surface area contributed by atoms with Gasteiger partial charge < -0.3 is 18.4 Å². The van der Waals surface area contributed by atoms with E-state index in [0.29, 0.717) is 0 Å². The van der Waals surface area contributed by atoms with Crippen molar-refractivity contribution in [2.24, 2.45) is 0 Å². The zero-order valence-corrected chi connectivity index (χ0v) is 31.8. The Morgan fingerprint density at radius 3 is 1.59 bits per heavy atom. The number of aromatic nitrogens is 2. The molecule has 2 aliphatic heterocycles. The normalized spacial score (nSPS) is 16.5. The summed E-state index contributed by atoms with van der Waals surface area (Å²) in [5, 5.41) is 10.8. The molecule has 0 saturated heterocycles. The molecule has 274 valence electrons. The molecule has 1 aliphatic carbocycles. The Hall–Kier alpha value is -7.50. The third-order valence-electron chi connectivity index (χ3n) is 13.4. The van der Waals surface area contributed by atoms with Gasteiger partial charge in [0.1, 0.15) is 23.4 Å². The Bertz CT molecular complexity index is 3670. The maximum absolute atomic E-state index is 7.43. The molecule has 4 nitrogen and oxygen atoms in total. The first-order valence-corrected chi connectivity index (χ1v) is 20.5. The molecule has 2 unspecified atom stereocenters. The van der Waals surface area contributed by atoms with E-state index in [1.54, 1.807) is 0 Å². The van der Waals surface area contributed by atoms with E-state index in [9.17, 15) is 0 Å². The molecule has 14 rings (SSSR count). The number of rotatable bonds is 1. The van der Waals surface area contributed by atoms with Gasteiger partial charge in [0, 0.05) is 44.0 Å². The molecule has 0 amide bonds. The van der Waals surface area contributed by atoms with E-state index in [0.717, 1.165) is 45.1 Å². The van der Waals surface area contributed by atoms with Crippen LogP contribution < -0.4 is 20.4 Å². The number of hydrogen-bond donors (Lipinski definition) is 0. The van der Waals surface area contributed by atoms with Crippen LogP contribution in [0.2, 0.25) is 5.82 Å². The average molecular weight is 753 g/mol. The zero-order valence-electron chi connectivity index (χ0n) is 31.8. The Kier molecular flexibility index (Phi) is 6.18. The highest BCUT2D eigenvalue weighted by atomic mass is 16.5. The third-order valence-corrected chi connectivity index (χ3v) is 13.4. The van der Waals surface area contributed by atoms with Crippen molar-refractivity contribution in [2.75, 3.05) is 0 Å². The molecule has 59 heavy (non-hydrogen) atoms. The lowest BCUT2D eigenvalue weighted by atomic mass is 9.30. The first kappa shape index (κ1) is 31.6. The lowest BCUT2D eigenvalue weighted by Gasteiger charge is -2.44. The summed E-state index contributed by atoms with van der Waals surface area (Å²) in [5.74, 6) is 2.71. The molecule has 0 N–H and O–H groups in total. The number of fused-ring (bicyclic) bond motifs is 18. The van der Waals surface area contributed by atoms with Gasteiger partial charge in [-0.1, -0.05) is 140 Å². The third kappa shape index (κ3) is 4.14. The van der Waals surface area contributed by atoms with E-state index in [1.165, 1.54) is 70.6 Å². The molecule has 0 saturated carbocycles. The minimum atomic E-state index is -0.351. The second-order valence-electron chi connectivity index (χ2n) is 16.3. The summed E-state index contributed by atoms with van der Waals surface area (Å²) in [5.41, 5.74) is 10.5. The van der Waals surface area contributed by atoms with Crippen LogP contribution in [0, 0.1) is 0 Å². The van der Waals surface area contributed by atoms with Gasteiger partial charge in [0.25, 0.3) is 0 Å².